The molecule has 0 radical (unpaired) electrons. The van der Waals surface area contributed by atoms with Crippen LogP contribution in [0.25, 0.3) is 16.5 Å². The van der Waals surface area contributed by atoms with Crippen molar-refractivity contribution >= 4 is 28.0 Å². The SMILES string of the molecule is C/C=C\C(=C/C)C1=NCC(=O)C(c2cc3cc(OC(F)(F)F)ccc3[nH]2)=C1. The Kier molecular flexibility index (Phi) is 5.03. The highest BCUT2D eigenvalue weighted by Gasteiger charge is 2.31. The molecule has 0 saturated heterocycles. The lowest BCUT2D eigenvalue weighted by atomic mass is 9.99. The fourth-order valence-electron chi connectivity index (χ4n) is 2.87. The number of ether oxygens (including phenoxy) is 1. The van der Waals surface area contributed by atoms with Crippen molar-refractivity contribution in [3.8, 4) is 5.75 Å². The fourth-order valence-corrected chi connectivity index (χ4v) is 2.87. The van der Waals surface area contributed by atoms with Gasteiger partial charge in [-0.3, -0.25) is 9.79 Å². The van der Waals surface area contributed by atoms with Crippen molar-refractivity contribution in [2.45, 2.75) is 20.2 Å². The van der Waals surface area contributed by atoms with E-state index in [1.54, 1.807) is 12.1 Å². The van der Waals surface area contributed by atoms with Gasteiger partial charge in [-0.25, -0.2) is 0 Å². The maximum absolute atomic E-state index is 12.4. The normalized spacial score (nSPS) is 16.0. The second-order valence-corrected chi connectivity index (χ2v) is 5.91. The van der Waals surface area contributed by atoms with Gasteiger partial charge in [0.25, 0.3) is 0 Å². The molecule has 2 aromatic rings. The molecular weight excluding hydrogens is 357 g/mol. The Morgan fingerprint density at radius 3 is 2.70 bits per heavy atom. The minimum atomic E-state index is -4.75. The number of Topliss-reactive ketones (excluding diaryl/α,β-unsaturated/α-hetero) is 1. The number of fused-ring (bicyclic) bond motifs is 1. The van der Waals surface area contributed by atoms with E-state index < -0.39 is 6.36 Å². The number of carbonyl (C=O) groups is 1. The third-order valence-electron chi connectivity index (χ3n) is 4.04. The number of ketones is 1. The second-order valence-electron chi connectivity index (χ2n) is 5.91. The number of aliphatic imine (C=N–C) groups is 1. The number of carbonyl (C=O) groups excluding carboxylic acids is 1. The van der Waals surface area contributed by atoms with Crippen molar-refractivity contribution in [1.82, 2.24) is 4.98 Å². The minimum absolute atomic E-state index is 0.0217. The van der Waals surface area contributed by atoms with Crippen molar-refractivity contribution in [1.29, 1.82) is 0 Å². The Labute approximate surface area is 153 Å². The van der Waals surface area contributed by atoms with Crippen LogP contribution in [0.4, 0.5) is 13.2 Å². The molecule has 1 aliphatic heterocycles. The molecule has 27 heavy (non-hydrogen) atoms. The van der Waals surface area contributed by atoms with Gasteiger partial charge in [0.1, 0.15) is 12.3 Å². The number of dihydropyridines is 1. The Morgan fingerprint density at radius 1 is 1.26 bits per heavy atom. The molecule has 1 N–H and O–H groups in total. The predicted molar refractivity (Wildman–Crippen MR) is 98.8 cm³/mol. The topological polar surface area (TPSA) is 54.4 Å². The first-order valence-electron chi connectivity index (χ1n) is 8.28. The average Bonchev–Trinajstić information content (AvgIpc) is 3.02. The number of rotatable bonds is 4. The Hall–Kier alpha value is -3.09. The zero-order valence-electron chi connectivity index (χ0n) is 14.7. The molecule has 0 amide bonds. The molecule has 140 valence electrons. The Morgan fingerprint density at radius 2 is 2.04 bits per heavy atom. The number of nitrogens with one attached hydrogen (secondary N) is 1. The molecule has 4 nitrogen and oxygen atoms in total. The molecule has 0 fully saturated rings. The summed E-state index contributed by atoms with van der Waals surface area (Å²) >= 11 is 0. The summed E-state index contributed by atoms with van der Waals surface area (Å²) in [6.07, 6.45) is 2.62. The van der Waals surface area contributed by atoms with Gasteiger partial charge in [-0.2, -0.15) is 0 Å². The van der Waals surface area contributed by atoms with Crippen LogP contribution in [-0.2, 0) is 4.79 Å². The maximum Gasteiger partial charge on any atom is 0.573 e. The molecule has 0 bridgehead atoms. The minimum Gasteiger partial charge on any atom is -0.406 e. The van der Waals surface area contributed by atoms with E-state index in [9.17, 15) is 18.0 Å². The summed E-state index contributed by atoms with van der Waals surface area (Å²) < 4.78 is 41.1. The van der Waals surface area contributed by atoms with Crippen molar-refractivity contribution in [2.24, 2.45) is 4.99 Å². The molecule has 1 aromatic heterocycles. The predicted octanol–water partition coefficient (Wildman–Crippen LogP) is 5.00. The number of halogens is 3. The van der Waals surface area contributed by atoms with Crippen LogP contribution in [0, 0.1) is 0 Å². The summed E-state index contributed by atoms with van der Waals surface area (Å²) in [4.78, 5) is 19.7. The van der Waals surface area contributed by atoms with Gasteiger partial charge in [0, 0.05) is 16.5 Å². The zero-order chi connectivity index (χ0) is 19.6. The van der Waals surface area contributed by atoms with E-state index in [1.165, 1.54) is 18.2 Å². The lowest BCUT2D eigenvalue weighted by Crippen LogP contribution is -2.16. The van der Waals surface area contributed by atoms with Crippen LogP contribution in [0.3, 0.4) is 0 Å². The summed E-state index contributed by atoms with van der Waals surface area (Å²) in [5.41, 5.74) is 3.15. The first-order valence-corrected chi connectivity index (χ1v) is 8.28. The summed E-state index contributed by atoms with van der Waals surface area (Å²) in [5.74, 6) is -0.468. The second kappa shape index (κ2) is 7.26. The number of allylic oxidation sites excluding steroid dienone is 5. The van der Waals surface area contributed by atoms with Gasteiger partial charge in [0.05, 0.1) is 11.4 Å². The van der Waals surface area contributed by atoms with Gasteiger partial charge < -0.3 is 9.72 Å². The number of aromatic amines is 1. The molecule has 7 heteroatoms. The van der Waals surface area contributed by atoms with Gasteiger partial charge in [-0.15, -0.1) is 13.2 Å². The van der Waals surface area contributed by atoms with Crippen LogP contribution >= 0.6 is 0 Å². The first-order chi connectivity index (χ1) is 12.8. The summed E-state index contributed by atoms with van der Waals surface area (Å²) in [6.45, 7) is 3.79. The van der Waals surface area contributed by atoms with Crippen molar-refractivity contribution in [3.63, 3.8) is 0 Å². The molecule has 1 aliphatic rings. The summed E-state index contributed by atoms with van der Waals surface area (Å²) in [6, 6.07) is 5.63. The molecule has 0 saturated carbocycles. The molecule has 3 rings (SSSR count). The van der Waals surface area contributed by atoms with Crippen LogP contribution in [0.5, 0.6) is 5.75 Å². The third-order valence-corrected chi connectivity index (χ3v) is 4.04. The van der Waals surface area contributed by atoms with Gasteiger partial charge in [-0.1, -0.05) is 18.2 Å². The molecule has 1 aromatic carbocycles. The summed E-state index contributed by atoms with van der Waals surface area (Å²) in [5, 5.41) is 0.518. The number of hydrogen-bond donors (Lipinski definition) is 1. The smallest absolute Gasteiger partial charge is 0.406 e. The lowest BCUT2D eigenvalue weighted by molar-refractivity contribution is -0.274. The third kappa shape index (κ3) is 4.19. The highest BCUT2D eigenvalue weighted by Crippen LogP contribution is 2.29. The fraction of sp³-hybridized carbons (Fsp3) is 0.200. The highest BCUT2D eigenvalue weighted by molar-refractivity contribution is 6.31. The van der Waals surface area contributed by atoms with Crippen molar-refractivity contribution < 1.29 is 22.7 Å². The number of hydrogen-bond acceptors (Lipinski definition) is 3. The van der Waals surface area contributed by atoms with Gasteiger partial charge in [0.2, 0.25) is 0 Å². The standard InChI is InChI=1S/C20H17F3N2O2/c1-3-5-12(4-2)17-10-15(19(26)11-24-17)18-9-13-8-14(27-20(21,22)23)6-7-16(13)25-18/h3-10,25H,11H2,1-2H3/b5-3-,12-4+. The van der Waals surface area contributed by atoms with Gasteiger partial charge in [0.15, 0.2) is 5.78 Å². The highest BCUT2D eigenvalue weighted by atomic mass is 19.4. The van der Waals surface area contributed by atoms with Crippen LogP contribution in [0.2, 0.25) is 0 Å². The number of aromatic nitrogens is 1. The van der Waals surface area contributed by atoms with E-state index in [2.05, 4.69) is 14.7 Å². The zero-order valence-corrected chi connectivity index (χ0v) is 14.7. The van der Waals surface area contributed by atoms with Crippen LogP contribution in [0.1, 0.15) is 19.5 Å². The van der Waals surface area contributed by atoms with Gasteiger partial charge >= 0.3 is 6.36 Å². The number of alkyl halides is 3. The van der Waals surface area contributed by atoms with E-state index >= 15 is 0 Å². The number of H-pyrrole nitrogens is 1. The number of benzene rings is 1. The number of nitrogens with zero attached hydrogens (tertiary/aromatic N) is 1. The van der Waals surface area contributed by atoms with E-state index in [0.29, 0.717) is 27.9 Å². The molecular formula is C20H17F3N2O2. The first kappa shape index (κ1) is 18.7. The Balaban J connectivity index is 1.99. The largest absolute Gasteiger partial charge is 0.573 e. The van der Waals surface area contributed by atoms with Crippen molar-refractivity contribution in [3.05, 3.63) is 59.8 Å². The van der Waals surface area contributed by atoms with Gasteiger partial charge in [-0.05, 0) is 49.8 Å². The monoisotopic (exact) mass is 374 g/mol. The van der Waals surface area contributed by atoms with Crippen molar-refractivity contribution in [2.75, 3.05) is 6.54 Å². The van der Waals surface area contributed by atoms with E-state index in [0.717, 1.165) is 5.57 Å². The van der Waals surface area contributed by atoms with E-state index in [4.69, 9.17) is 0 Å². The average molecular weight is 374 g/mol. The quantitative estimate of drug-likeness (QED) is 0.766. The molecule has 0 aliphatic carbocycles. The van der Waals surface area contributed by atoms with E-state index in [1.807, 2.05) is 32.1 Å². The summed E-state index contributed by atoms with van der Waals surface area (Å²) in [7, 11) is 0. The maximum atomic E-state index is 12.4. The van der Waals surface area contributed by atoms with Crippen LogP contribution in [0.15, 0.2) is 59.1 Å². The van der Waals surface area contributed by atoms with E-state index in [-0.39, 0.29) is 18.1 Å². The molecule has 0 unspecified atom stereocenters. The lowest BCUT2D eigenvalue weighted by Gasteiger charge is -2.12. The Bertz CT molecular complexity index is 1010. The van der Waals surface area contributed by atoms with Crippen LogP contribution in [-0.4, -0.2) is 29.4 Å². The molecule has 0 spiro atoms. The van der Waals surface area contributed by atoms with Crippen LogP contribution < -0.4 is 4.74 Å². The molecule has 0 atom stereocenters. The molecule has 2 heterocycles.